The zero-order valence-electron chi connectivity index (χ0n) is 16.9. The molecular weight excluding hydrogens is 348 g/mol. The number of carboxylic acids is 2. The largest absolute Gasteiger partial charge is 0.478 e. The van der Waals surface area contributed by atoms with Crippen LogP contribution in [-0.4, -0.2) is 85.4 Å². The Morgan fingerprint density at radius 2 is 1.16 bits per heavy atom. The second kappa shape index (κ2) is 22.6. The summed E-state index contributed by atoms with van der Waals surface area (Å²) in [6, 6.07) is 0. The van der Waals surface area contributed by atoms with Gasteiger partial charge in [-0.25, -0.2) is 9.59 Å². The van der Waals surface area contributed by atoms with Gasteiger partial charge in [0.05, 0.1) is 6.10 Å². The smallest absolute Gasteiger partial charge is 0.330 e. The minimum atomic E-state index is -0.986. The predicted octanol–water partition coefficient (Wildman–Crippen LogP) is 2.21. The molecule has 0 aromatic carbocycles. The predicted molar refractivity (Wildman–Crippen MR) is 107 cm³/mol. The molecule has 0 aliphatic carbocycles. The zero-order chi connectivity index (χ0) is 20.5. The van der Waals surface area contributed by atoms with Crippen LogP contribution in [-0.2, 0) is 9.59 Å². The molecule has 1 unspecified atom stereocenters. The first-order chi connectivity index (χ1) is 10.6. The maximum atomic E-state index is 10.1. The van der Waals surface area contributed by atoms with Gasteiger partial charge in [0.15, 0.2) is 0 Å². The van der Waals surface area contributed by atoms with E-state index >= 15 is 0 Å². The van der Waals surface area contributed by atoms with Gasteiger partial charge in [0, 0.05) is 11.1 Å². The van der Waals surface area contributed by atoms with Crippen LogP contribution < -0.4 is 0 Å². The number of halogens is 1. The van der Waals surface area contributed by atoms with E-state index in [4.69, 9.17) is 15.3 Å². The first kappa shape index (κ1) is 34.8. The Morgan fingerprint density at radius 1 is 0.920 bits per heavy atom. The quantitative estimate of drug-likeness (QED) is 0.624. The number of hydrogen-bond acceptors (Lipinski definition) is 5. The molecule has 7 nitrogen and oxygen atoms in total. The summed E-state index contributed by atoms with van der Waals surface area (Å²) in [7, 11) is 12.0. The van der Waals surface area contributed by atoms with Crippen molar-refractivity contribution in [3.63, 3.8) is 0 Å². The molecule has 8 heteroatoms. The second-order valence-electron chi connectivity index (χ2n) is 6.07. The summed E-state index contributed by atoms with van der Waals surface area (Å²) in [6.45, 7) is 9.54. The number of aliphatic carboxylic acids is 2. The van der Waals surface area contributed by atoms with Crippen molar-refractivity contribution >= 4 is 24.3 Å². The molecule has 0 aromatic heterocycles. The van der Waals surface area contributed by atoms with E-state index in [2.05, 4.69) is 13.2 Å². The molecular formula is C17H37ClN2O5. The fourth-order valence-electron chi connectivity index (χ4n) is 0.490. The lowest BCUT2D eigenvalue weighted by molar-refractivity contribution is -0.133. The van der Waals surface area contributed by atoms with Crippen LogP contribution in [0.25, 0.3) is 0 Å². The van der Waals surface area contributed by atoms with Crippen LogP contribution >= 0.6 is 12.4 Å². The zero-order valence-corrected chi connectivity index (χ0v) is 17.7. The van der Waals surface area contributed by atoms with Gasteiger partial charge in [0.25, 0.3) is 0 Å². The third kappa shape index (κ3) is 71.3. The summed E-state index contributed by atoms with van der Waals surface area (Å²) in [6.07, 6.45) is 0.370. The van der Waals surface area contributed by atoms with Crippen molar-refractivity contribution < 1.29 is 24.9 Å². The molecule has 25 heavy (non-hydrogen) atoms. The molecule has 0 spiro atoms. The summed E-state index contributed by atoms with van der Waals surface area (Å²) in [5.41, 5.74) is 0.330. The van der Waals surface area contributed by atoms with E-state index in [9.17, 15) is 9.59 Å². The van der Waals surface area contributed by atoms with E-state index in [-0.39, 0.29) is 23.6 Å². The Balaban J connectivity index is -0.0000000766. The van der Waals surface area contributed by atoms with Crippen molar-refractivity contribution in [2.75, 3.05) is 42.3 Å². The van der Waals surface area contributed by atoms with Crippen LogP contribution in [0.5, 0.6) is 0 Å². The molecule has 0 fully saturated rings. The van der Waals surface area contributed by atoms with Gasteiger partial charge >= 0.3 is 11.9 Å². The van der Waals surface area contributed by atoms with Gasteiger partial charge in [-0.3, -0.25) is 0 Å². The highest BCUT2D eigenvalue weighted by atomic mass is 35.5. The van der Waals surface area contributed by atoms with Crippen LogP contribution in [0.2, 0.25) is 0 Å². The Labute approximate surface area is 159 Å². The van der Waals surface area contributed by atoms with Gasteiger partial charge in [0.2, 0.25) is 0 Å². The molecule has 0 amide bonds. The molecule has 3 N–H and O–H groups in total. The summed E-state index contributed by atoms with van der Waals surface area (Å²) in [5.74, 6) is -1.92. The first-order valence-corrected chi connectivity index (χ1v) is 7.34. The number of carbonyl (C=O) groups is 2. The normalized spacial score (nSPS) is 9.72. The van der Waals surface area contributed by atoms with Crippen molar-refractivity contribution in [1.29, 1.82) is 0 Å². The number of rotatable bonds is 5. The number of nitrogens with zero attached hydrogens (tertiary/aromatic N) is 2. The average Bonchev–Trinajstić information content (AvgIpc) is 2.34. The van der Waals surface area contributed by atoms with Gasteiger partial charge in [-0.1, -0.05) is 13.2 Å². The average molecular weight is 385 g/mol. The maximum absolute atomic E-state index is 10.1. The van der Waals surface area contributed by atoms with E-state index in [1.54, 1.807) is 6.92 Å². The van der Waals surface area contributed by atoms with Crippen LogP contribution in [0.3, 0.4) is 0 Å². The fraction of sp³-hybridized carbons (Fsp3) is 0.647. The summed E-state index contributed by atoms with van der Waals surface area (Å²) in [4.78, 5) is 23.7. The molecule has 0 aliphatic rings. The molecule has 0 radical (unpaired) electrons. The maximum Gasteiger partial charge on any atom is 0.330 e. The minimum absolute atomic E-state index is 0. The van der Waals surface area contributed by atoms with Crippen molar-refractivity contribution in [2.24, 2.45) is 0 Å². The third-order valence-electron chi connectivity index (χ3n) is 1.53. The Hall–Kier alpha value is -1.41. The molecule has 1 atom stereocenters. The Kier molecular flexibility index (Phi) is 31.5. The van der Waals surface area contributed by atoms with Crippen molar-refractivity contribution in [3.8, 4) is 0 Å². The van der Waals surface area contributed by atoms with Crippen LogP contribution in [0.4, 0.5) is 0 Å². The van der Waals surface area contributed by atoms with Gasteiger partial charge in [0.1, 0.15) is 0 Å². The molecule has 0 heterocycles. The van der Waals surface area contributed by atoms with E-state index in [1.807, 2.05) is 52.1 Å². The highest BCUT2D eigenvalue weighted by Gasteiger charge is 2.04. The highest BCUT2D eigenvalue weighted by molar-refractivity contribution is 5.86. The van der Waals surface area contributed by atoms with Crippen molar-refractivity contribution in [3.05, 3.63) is 24.3 Å². The van der Waals surface area contributed by atoms with Gasteiger partial charge < -0.3 is 25.1 Å². The van der Waals surface area contributed by atoms with Crippen molar-refractivity contribution in [1.82, 2.24) is 9.80 Å². The summed E-state index contributed by atoms with van der Waals surface area (Å²) < 4.78 is 0. The summed E-state index contributed by atoms with van der Waals surface area (Å²) in [5, 5.41) is 25.0. The highest BCUT2D eigenvalue weighted by Crippen LogP contribution is 2.04. The fourth-order valence-corrected chi connectivity index (χ4v) is 0.490. The standard InChI is InChI=1S/C7H12O3.C4H6O2.2C3H9N.ClH/c1-5(7(9)10)3-4-6(2)8;1-3(2)4(5)6;2*1-4(2)3;/h6,8H,1,3-4H2,2H3,(H,9,10);1H2,2H3,(H,5,6);2*1-3H3;1H. The summed E-state index contributed by atoms with van der Waals surface area (Å²) >= 11 is 0. The lowest BCUT2D eigenvalue weighted by atomic mass is 10.1. The third-order valence-corrected chi connectivity index (χ3v) is 1.53. The molecule has 0 bridgehead atoms. The van der Waals surface area contributed by atoms with Gasteiger partial charge in [-0.15, -0.1) is 12.4 Å². The molecule has 0 aliphatic heterocycles. The van der Waals surface area contributed by atoms with E-state index in [0.717, 1.165) is 0 Å². The lowest BCUT2D eigenvalue weighted by Crippen LogP contribution is -2.04. The topological polar surface area (TPSA) is 101 Å². The molecule has 152 valence electrons. The Bertz CT molecular complexity index is 347. The lowest BCUT2D eigenvalue weighted by Gasteiger charge is -2.01. The van der Waals surface area contributed by atoms with Crippen LogP contribution in [0.15, 0.2) is 24.3 Å². The Morgan fingerprint density at radius 3 is 1.28 bits per heavy atom. The van der Waals surface area contributed by atoms with Crippen LogP contribution in [0.1, 0.15) is 26.7 Å². The molecule has 0 aromatic rings. The van der Waals surface area contributed by atoms with E-state index in [0.29, 0.717) is 12.8 Å². The molecule has 0 rings (SSSR count). The SMILES string of the molecule is C=C(C)C(=O)O.C=C(CCC(C)O)C(=O)O.CN(C)C.CN(C)C.Cl. The monoisotopic (exact) mass is 384 g/mol. The van der Waals surface area contributed by atoms with E-state index in [1.165, 1.54) is 6.92 Å². The van der Waals surface area contributed by atoms with E-state index < -0.39 is 18.0 Å². The molecule has 0 saturated heterocycles. The number of carboxylic acid groups (broad SMARTS) is 2. The number of aliphatic hydroxyl groups is 1. The molecule has 0 saturated carbocycles. The van der Waals surface area contributed by atoms with Crippen molar-refractivity contribution in [2.45, 2.75) is 32.8 Å². The number of aliphatic hydroxyl groups excluding tert-OH is 1. The van der Waals surface area contributed by atoms with Gasteiger partial charge in [-0.2, -0.15) is 0 Å². The first-order valence-electron chi connectivity index (χ1n) is 7.34. The minimum Gasteiger partial charge on any atom is -0.478 e. The van der Waals surface area contributed by atoms with Gasteiger partial charge in [-0.05, 0) is 69.0 Å². The van der Waals surface area contributed by atoms with Crippen LogP contribution in [0, 0.1) is 0 Å². The second-order valence-corrected chi connectivity index (χ2v) is 6.07. The number of hydrogen-bond donors (Lipinski definition) is 3.